The number of aromatic nitrogens is 3. The van der Waals surface area contributed by atoms with Gasteiger partial charge in [0.05, 0.1) is 16.1 Å². The number of rotatable bonds is 5. The molecule has 1 aromatic carbocycles. The van der Waals surface area contributed by atoms with Gasteiger partial charge < -0.3 is 10.3 Å². The minimum absolute atomic E-state index is 0.0361. The number of nitrogens with two attached hydrogens (primary N) is 1. The molecule has 0 saturated heterocycles. The van der Waals surface area contributed by atoms with E-state index in [0.717, 1.165) is 63.3 Å². The number of unbranched alkanes of at least 4 members (excludes halogenated alkanes) is 1. The molecule has 5 nitrogen and oxygen atoms in total. The zero-order valence-corrected chi connectivity index (χ0v) is 18.4. The van der Waals surface area contributed by atoms with Gasteiger partial charge in [-0.15, -0.1) is 11.8 Å². The van der Waals surface area contributed by atoms with Gasteiger partial charge in [-0.2, -0.15) is 0 Å². The summed E-state index contributed by atoms with van der Waals surface area (Å²) >= 11 is 1.81. The number of nitrogens with zero attached hydrogens (tertiary/aromatic N) is 3. The van der Waals surface area contributed by atoms with E-state index in [2.05, 4.69) is 47.6 Å². The number of benzene rings is 1. The SMILES string of the molecule is CCCCSc1c(-n2cc(C)c3c2CC(C)(C)CC3=O)ccc2c(N)ncnc12. The summed E-state index contributed by atoms with van der Waals surface area (Å²) in [6, 6.07) is 4.10. The van der Waals surface area contributed by atoms with Crippen LogP contribution in [0.5, 0.6) is 0 Å². The van der Waals surface area contributed by atoms with Crippen molar-refractivity contribution in [1.29, 1.82) is 0 Å². The molecule has 152 valence electrons. The summed E-state index contributed by atoms with van der Waals surface area (Å²) in [7, 11) is 0. The van der Waals surface area contributed by atoms with Crippen LogP contribution >= 0.6 is 11.8 Å². The molecule has 0 bridgehead atoms. The van der Waals surface area contributed by atoms with Gasteiger partial charge in [0.1, 0.15) is 12.1 Å². The number of nitrogen functional groups attached to an aromatic ring is 1. The molecule has 3 aromatic rings. The molecule has 29 heavy (non-hydrogen) atoms. The van der Waals surface area contributed by atoms with E-state index < -0.39 is 0 Å². The first-order chi connectivity index (χ1) is 13.8. The summed E-state index contributed by atoms with van der Waals surface area (Å²) in [6.07, 6.45) is 7.41. The number of fused-ring (bicyclic) bond motifs is 2. The van der Waals surface area contributed by atoms with Gasteiger partial charge in [-0.3, -0.25) is 4.79 Å². The van der Waals surface area contributed by atoms with Crippen molar-refractivity contribution in [2.45, 2.75) is 58.3 Å². The number of ketones is 1. The fraction of sp³-hybridized carbons (Fsp3) is 0.435. The zero-order valence-electron chi connectivity index (χ0n) is 17.6. The van der Waals surface area contributed by atoms with Crippen molar-refractivity contribution in [2.24, 2.45) is 5.41 Å². The largest absolute Gasteiger partial charge is 0.383 e. The second-order valence-electron chi connectivity index (χ2n) is 8.72. The highest BCUT2D eigenvalue weighted by atomic mass is 32.2. The lowest BCUT2D eigenvalue weighted by atomic mass is 9.75. The van der Waals surface area contributed by atoms with Crippen molar-refractivity contribution >= 4 is 34.3 Å². The molecule has 2 aromatic heterocycles. The highest BCUT2D eigenvalue weighted by molar-refractivity contribution is 7.99. The van der Waals surface area contributed by atoms with Crippen LogP contribution in [-0.2, 0) is 6.42 Å². The van der Waals surface area contributed by atoms with Gasteiger partial charge in [0.2, 0.25) is 0 Å². The number of hydrogen-bond donors (Lipinski definition) is 1. The minimum atomic E-state index is -0.0361. The molecule has 0 unspecified atom stereocenters. The average Bonchev–Trinajstić information content (AvgIpc) is 2.97. The van der Waals surface area contributed by atoms with Crippen molar-refractivity contribution in [3.63, 3.8) is 0 Å². The zero-order chi connectivity index (χ0) is 20.8. The van der Waals surface area contributed by atoms with E-state index in [4.69, 9.17) is 5.73 Å². The molecule has 2 heterocycles. The van der Waals surface area contributed by atoms with Gasteiger partial charge in [-0.1, -0.05) is 27.2 Å². The van der Waals surface area contributed by atoms with E-state index in [-0.39, 0.29) is 11.2 Å². The first-order valence-electron chi connectivity index (χ1n) is 10.2. The molecule has 1 aliphatic rings. The lowest BCUT2D eigenvalue weighted by molar-refractivity contribution is 0.0910. The lowest BCUT2D eigenvalue weighted by Gasteiger charge is -2.30. The van der Waals surface area contributed by atoms with E-state index in [1.54, 1.807) is 0 Å². The summed E-state index contributed by atoms with van der Waals surface area (Å²) < 4.78 is 2.22. The van der Waals surface area contributed by atoms with Crippen molar-refractivity contribution in [1.82, 2.24) is 14.5 Å². The molecule has 0 saturated carbocycles. The van der Waals surface area contributed by atoms with Gasteiger partial charge in [-0.05, 0) is 48.6 Å². The number of anilines is 1. The minimum Gasteiger partial charge on any atom is -0.383 e. The van der Waals surface area contributed by atoms with Crippen molar-refractivity contribution < 1.29 is 4.79 Å². The molecule has 0 fully saturated rings. The third kappa shape index (κ3) is 3.54. The molecule has 6 heteroatoms. The Morgan fingerprint density at radius 2 is 2.03 bits per heavy atom. The smallest absolute Gasteiger partial charge is 0.165 e. The maximum Gasteiger partial charge on any atom is 0.165 e. The van der Waals surface area contributed by atoms with Gasteiger partial charge in [0.15, 0.2) is 5.78 Å². The van der Waals surface area contributed by atoms with E-state index >= 15 is 0 Å². The molecule has 0 aliphatic heterocycles. The van der Waals surface area contributed by atoms with Crippen LogP contribution in [-0.4, -0.2) is 26.1 Å². The number of Topliss-reactive ketones (excluding diaryl/α,β-unsaturated/α-hetero) is 1. The molecule has 0 radical (unpaired) electrons. The standard InChI is InChI=1S/C23H28N4OS/c1-5-6-9-29-21-16(8-7-15-20(21)25-13-26-22(15)24)27-12-14(2)19-17(27)10-23(3,4)11-18(19)28/h7-8,12-13H,5-6,9-11H2,1-4H3,(H2,24,25,26). The predicted molar refractivity (Wildman–Crippen MR) is 120 cm³/mol. The first-order valence-corrected chi connectivity index (χ1v) is 11.2. The number of carbonyl (C=O) groups is 1. The number of hydrogen-bond acceptors (Lipinski definition) is 5. The second kappa shape index (κ2) is 7.48. The van der Waals surface area contributed by atoms with Crippen molar-refractivity contribution in [2.75, 3.05) is 11.5 Å². The van der Waals surface area contributed by atoms with Crippen LogP contribution in [0.1, 0.15) is 61.6 Å². The maximum absolute atomic E-state index is 12.9. The monoisotopic (exact) mass is 408 g/mol. The normalized spacial score (nSPS) is 15.7. The van der Waals surface area contributed by atoms with Crippen molar-refractivity contribution in [3.05, 3.63) is 41.5 Å². The summed E-state index contributed by atoms with van der Waals surface area (Å²) in [5.41, 5.74) is 11.1. The van der Waals surface area contributed by atoms with Crippen molar-refractivity contribution in [3.8, 4) is 5.69 Å². The van der Waals surface area contributed by atoms with E-state index in [9.17, 15) is 4.79 Å². The summed E-state index contributed by atoms with van der Waals surface area (Å²) in [5, 5.41) is 0.879. The number of aryl methyl sites for hydroxylation is 1. The third-order valence-corrected chi connectivity index (χ3v) is 6.82. The van der Waals surface area contributed by atoms with Crippen LogP contribution in [0.15, 0.2) is 29.6 Å². The van der Waals surface area contributed by atoms with E-state index in [1.165, 1.54) is 6.33 Å². The molecule has 4 rings (SSSR count). The fourth-order valence-electron chi connectivity index (χ4n) is 4.26. The second-order valence-corrected chi connectivity index (χ2v) is 9.82. The maximum atomic E-state index is 12.9. The quantitative estimate of drug-likeness (QED) is 0.454. The Balaban J connectivity index is 1.94. The summed E-state index contributed by atoms with van der Waals surface area (Å²) in [6.45, 7) is 8.58. The lowest BCUT2D eigenvalue weighted by Crippen LogP contribution is -2.28. The summed E-state index contributed by atoms with van der Waals surface area (Å²) in [5.74, 6) is 1.76. The first kappa shape index (κ1) is 20.0. The van der Waals surface area contributed by atoms with Crippen LogP contribution in [0.2, 0.25) is 0 Å². The highest BCUT2D eigenvalue weighted by Crippen LogP contribution is 2.41. The molecule has 0 amide bonds. The van der Waals surface area contributed by atoms with Crippen LogP contribution < -0.4 is 5.73 Å². The Bertz CT molecular complexity index is 1100. The Kier molecular flexibility index (Phi) is 5.15. The van der Waals surface area contributed by atoms with Crippen LogP contribution in [0, 0.1) is 12.3 Å². The Hall–Kier alpha value is -2.34. The molecular weight excluding hydrogens is 380 g/mol. The Morgan fingerprint density at radius 1 is 1.24 bits per heavy atom. The topological polar surface area (TPSA) is 73.8 Å². The number of thioether (sulfide) groups is 1. The predicted octanol–water partition coefficient (Wildman–Crippen LogP) is 5.36. The Labute approximate surface area is 176 Å². The molecule has 2 N–H and O–H groups in total. The van der Waals surface area contributed by atoms with Gasteiger partial charge in [0.25, 0.3) is 0 Å². The average molecular weight is 409 g/mol. The Morgan fingerprint density at radius 3 is 2.79 bits per heavy atom. The highest BCUT2D eigenvalue weighted by Gasteiger charge is 2.35. The molecule has 1 aliphatic carbocycles. The van der Waals surface area contributed by atoms with Gasteiger partial charge in [0, 0.05) is 29.3 Å². The van der Waals surface area contributed by atoms with E-state index in [0.29, 0.717) is 12.2 Å². The van der Waals surface area contributed by atoms with Crippen LogP contribution in [0.25, 0.3) is 16.6 Å². The van der Waals surface area contributed by atoms with Gasteiger partial charge in [-0.25, -0.2) is 9.97 Å². The van der Waals surface area contributed by atoms with Crippen LogP contribution in [0.3, 0.4) is 0 Å². The summed E-state index contributed by atoms with van der Waals surface area (Å²) in [4.78, 5) is 22.7. The fourth-order valence-corrected chi connectivity index (χ4v) is 5.51. The number of carbonyl (C=O) groups excluding carboxylic acids is 1. The van der Waals surface area contributed by atoms with Gasteiger partial charge >= 0.3 is 0 Å². The van der Waals surface area contributed by atoms with Crippen LogP contribution in [0.4, 0.5) is 5.82 Å². The molecular formula is C23H28N4OS. The molecule has 0 spiro atoms. The third-order valence-electron chi connectivity index (χ3n) is 5.63. The molecule has 0 atom stereocenters. The van der Waals surface area contributed by atoms with E-state index in [1.807, 2.05) is 24.8 Å².